The third-order valence-electron chi connectivity index (χ3n) is 7.09. The van der Waals surface area contributed by atoms with Crippen LogP contribution in [0, 0.1) is 0 Å². The summed E-state index contributed by atoms with van der Waals surface area (Å²) in [5.41, 5.74) is 4.22. The molecule has 1 N–H and O–H groups in total. The van der Waals surface area contributed by atoms with E-state index < -0.39 is 14.9 Å². The van der Waals surface area contributed by atoms with Gasteiger partial charge in [0.25, 0.3) is 10.1 Å². The Morgan fingerprint density at radius 2 is 1.70 bits per heavy atom. The second-order valence-corrected chi connectivity index (χ2v) is 13.8. The molecule has 2 atom stereocenters. The molecule has 3 aliphatic rings. The summed E-state index contributed by atoms with van der Waals surface area (Å²) in [7, 11) is -4.25. The van der Waals surface area contributed by atoms with Gasteiger partial charge in [-0.1, -0.05) is 72.1 Å². The van der Waals surface area contributed by atoms with Crippen LogP contribution >= 0.6 is 23.5 Å². The topological polar surface area (TPSA) is 60.9 Å². The summed E-state index contributed by atoms with van der Waals surface area (Å²) < 4.78 is 33.8. The summed E-state index contributed by atoms with van der Waals surface area (Å²) in [5.74, 6) is 0. The highest BCUT2D eigenvalue weighted by molar-refractivity contribution is 8.03. The average molecular weight is 553 g/mol. The number of nitrogens with zero attached hydrogens (tertiary/aromatic N) is 2. The van der Waals surface area contributed by atoms with Gasteiger partial charge in [0.15, 0.2) is 0 Å². The van der Waals surface area contributed by atoms with Crippen molar-refractivity contribution in [3.8, 4) is 0 Å². The van der Waals surface area contributed by atoms with Gasteiger partial charge in [-0.25, -0.2) is 0 Å². The second kappa shape index (κ2) is 10.4. The Labute approximate surface area is 228 Å². The second-order valence-electron chi connectivity index (χ2n) is 9.68. The summed E-state index contributed by atoms with van der Waals surface area (Å²) in [4.78, 5) is 7.08. The van der Waals surface area contributed by atoms with E-state index in [4.69, 9.17) is 0 Å². The lowest BCUT2D eigenvalue weighted by Gasteiger charge is -2.31. The number of fused-ring (bicyclic) bond motifs is 2. The minimum Gasteiger partial charge on any atom is -0.355 e. The summed E-state index contributed by atoms with van der Waals surface area (Å²) in [6.07, 6.45) is 10.9. The van der Waals surface area contributed by atoms with E-state index in [1.165, 1.54) is 21.2 Å². The molecule has 37 heavy (non-hydrogen) atoms. The van der Waals surface area contributed by atoms with Gasteiger partial charge >= 0.3 is 0 Å². The highest BCUT2D eigenvalue weighted by atomic mass is 32.2. The van der Waals surface area contributed by atoms with Gasteiger partial charge in [-0.05, 0) is 75.1 Å². The Bertz CT molecular complexity index is 1430. The van der Waals surface area contributed by atoms with E-state index in [2.05, 4.69) is 78.3 Å². The molecule has 2 unspecified atom stereocenters. The minimum absolute atomic E-state index is 0.142. The molecule has 194 valence electrons. The molecule has 0 saturated heterocycles. The van der Waals surface area contributed by atoms with Gasteiger partial charge in [0.05, 0.1) is 21.8 Å². The Morgan fingerprint density at radius 3 is 2.41 bits per heavy atom. The van der Waals surface area contributed by atoms with Crippen LogP contribution in [0.2, 0.25) is 0 Å². The van der Waals surface area contributed by atoms with E-state index in [1.807, 2.05) is 24.3 Å². The Balaban J connectivity index is 1.44. The van der Waals surface area contributed by atoms with Crippen LogP contribution < -0.4 is 9.80 Å². The number of hydrogen-bond acceptors (Lipinski definition) is 6. The quantitative estimate of drug-likeness (QED) is 0.378. The van der Waals surface area contributed by atoms with Crippen molar-refractivity contribution in [1.82, 2.24) is 0 Å². The van der Waals surface area contributed by atoms with E-state index in [9.17, 15) is 13.0 Å². The van der Waals surface area contributed by atoms with Crippen LogP contribution in [0.1, 0.15) is 33.6 Å². The first-order valence-electron chi connectivity index (χ1n) is 12.6. The molecule has 5 rings (SSSR count). The van der Waals surface area contributed by atoms with Crippen molar-refractivity contribution < 1.29 is 13.0 Å². The zero-order chi connectivity index (χ0) is 26.2. The number of thioether (sulfide) groups is 2. The van der Waals surface area contributed by atoms with Crippen LogP contribution in [0.4, 0.5) is 11.4 Å². The normalized spacial score (nSPS) is 25.7. The molecular weight excluding hydrogens is 521 g/mol. The van der Waals surface area contributed by atoms with Gasteiger partial charge in [0, 0.05) is 22.9 Å². The van der Waals surface area contributed by atoms with Gasteiger partial charge in [-0.3, -0.25) is 4.55 Å². The monoisotopic (exact) mass is 552 g/mol. The zero-order valence-electron chi connectivity index (χ0n) is 21.3. The lowest BCUT2D eigenvalue weighted by Crippen LogP contribution is -2.37. The van der Waals surface area contributed by atoms with Gasteiger partial charge in [0.1, 0.15) is 4.75 Å². The maximum absolute atomic E-state index is 12.5. The van der Waals surface area contributed by atoms with E-state index in [-0.39, 0.29) is 18.2 Å². The molecule has 2 aromatic carbocycles. The summed E-state index contributed by atoms with van der Waals surface area (Å²) >= 11 is 3.52. The van der Waals surface area contributed by atoms with Crippen LogP contribution in [0.5, 0.6) is 0 Å². The molecule has 0 amide bonds. The predicted molar refractivity (Wildman–Crippen MR) is 157 cm³/mol. The van der Waals surface area contributed by atoms with Gasteiger partial charge < -0.3 is 9.80 Å². The van der Waals surface area contributed by atoms with Crippen molar-refractivity contribution >= 4 is 45.0 Å². The number of allylic oxidation sites excluding steroid dienone is 6. The first-order valence-corrected chi connectivity index (χ1v) is 15.7. The fourth-order valence-electron chi connectivity index (χ4n) is 5.17. The third-order valence-corrected chi connectivity index (χ3v) is 11.0. The first kappa shape index (κ1) is 26.2. The largest absolute Gasteiger partial charge is 0.355 e. The molecule has 0 aromatic heterocycles. The number of anilines is 2. The van der Waals surface area contributed by atoms with Crippen molar-refractivity contribution in [1.29, 1.82) is 0 Å². The number of benzene rings is 2. The molecule has 2 aromatic rings. The predicted octanol–water partition coefficient (Wildman–Crippen LogP) is 7.27. The highest BCUT2D eigenvalue weighted by Gasteiger charge is 2.41. The smallest absolute Gasteiger partial charge is 0.271 e. The number of hydrogen-bond donors (Lipinski definition) is 1. The van der Waals surface area contributed by atoms with Crippen LogP contribution in [0.3, 0.4) is 0 Å². The summed E-state index contributed by atoms with van der Waals surface area (Å²) in [5, 5.41) is 1.25. The highest BCUT2D eigenvalue weighted by Crippen LogP contribution is 2.46. The molecule has 0 saturated carbocycles. The van der Waals surface area contributed by atoms with Crippen LogP contribution in [-0.4, -0.2) is 36.2 Å². The fourth-order valence-corrected chi connectivity index (χ4v) is 8.27. The number of likely N-dealkylation sites (N-methyl/N-ethyl adjacent to an activating group) is 1. The molecule has 0 spiro atoms. The molecule has 0 radical (unpaired) electrons. The molecule has 0 bridgehead atoms. The molecule has 5 nitrogen and oxygen atoms in total. The van der Waals surface area contributed by atoms with Gasteiger partial charge in [-0.2, -0.15) is 8.42 Å². The summed E-state index contributed by atoms with van der Waals surface area (Å²) in [6.45, 7) is 7.64. The maximum atomic E-state index is 12.5. The Kier molecular flexibility index (Phi) is 7.38. The molecule has 1 aliphatic carbocycles. The lowest BCUT2D eigenvalue weighted by molar-refractivity contribution is 0.425. The van der Waals surface area contributed by atoms with E-state index in [0.717, 1.165) is 29.3 Å². The van der Waals surface area contributed by atoms with Crippen molar-refractivity contribution in [2.45, 2.75) is 53.5 Å². The van der Waals surface area contributed by atoms with Crippen LogP contribution in [-0.2, 0) is 10.1 Å². The van der Waals surface area contributed by atoms with Crippen molar-refractivity contribution in [2.24, 2.45) is 0 Å². The molecular formula is C29H32N2O3S3. The Hall–Kier alpha value is -2.39. The van der Waals surface area contributed by atoms with Crippen molar-refractivity contribution in [2.75, 3.05) is 22.9 Å². The standard InChI is InChI=1S/C29H32N2O3S3/c1-4-30-23-10-6-8-12-25(23)35-27(30)16-14-21-18-22(20-29(3,19-21)37(32,33)34)15-17-28-31(5-2)24-11-7-9-13-26(24)36-28/h6-18,27H,4-5,19-20H2,1-3H3,(H,32,33,34). The van der Waals surface area contributed by atoms with Crippen molar-refractivity contribution in [3.63, 3.8) is 0 Å². The third kappa shape index (κ3) is 5.17. The zero-order valence-corrected chi connectivity index (χ0v) is 23.7. The van der Waals surface area contributed by atoms with E-state index in [0.29, 0.717) is 0 Å². The molecule has 2 heterocycles. The van der Waals surface area contributed by atoms with Crippen LogP contribution in [0.15, 0.2) is 105 Å². The maximum Gasteiger partial charge on any atom is 0.271 e. The molecule has 8 heteroatoms. The van der Waals surface area contributed by atoms with Gasteiger partial charge in [-0.15, -0.1) is 0 Å². The number of para-hydroxylation sites is 2. The first-order chi connectivity index (χ1) is 17.7. The number of rotatable bonds is 6. The van der Waals surface area contributed by atoms with Crippen molar-refractivity contribution in [3.05, 3.63) is 95.1 Å². The Morgan fingerprint density at radius 1 is 1.00 bits per heavy atom. The fraction of sp³-hybridized carbons (Fsp3) is 0.310. The average Bonchev–Trinajstić information content (AvgIpc) is 3.42. The summed E-state index contributed by atoms with van der Waals surface area (Å²) in [6, 6.07) is 16.7. The molecule has 2 aliphatic heterocycles. The van der Waals surface area contributed by atoms with E-state index >= 15 is 0 Å². The molecule has 0 fully saturated rings. The van der Waals surface area contributed by atoms with Gasteiger partial charge in [0.2, 0.25) is 0 Å². The SMILES string of the molecule is CCN1C(=CC=C2C=C(C=CC3Sc4ccccc4N3CC)CC(C)(S(=O)(=O)O)C2)Sc2ccccc21. The lowest BCUT2D eigenvalue weighted by atomic mass is 9.85. The van der Waals surface area contributed by atoms with Crippen LogP contribution in [0.25, 0.3) is 0 Å². The van der Waals surface area contributed by atoms with E-state index in [1.54, 1.807) is 30.4 Å². The minimum atomic E-state index is -4.25.